The standard InChI is InChI=1S/C14H22N4O/c1-12-3-4-13(9-16-12)10-17(2)11-14(19)18-7-5-15-6-8-18/h3-4,9,15H,5-8,10-11H2,1-2H3. The second kappa shape index (κ2) is 6.63. The number of pyridine rings is 1. The zero-order valence-corrected chi connectivity index (χ0v) is 11.7. The van der Waals surface area contributed by atoms with Gasteiger partial charge in [-0.05, 0) is 25.6 Å². The molecule has 19 heavy (non-hydrogen) atoms. The maximum absolute atomic E-state index is 12.1. The van der Waals surface area contributed by atoms with E-state index in [0.717, 1.165) is 44.0 Å². The maximum atomic E-state index is 12.1. The molecule has 1 N–H and O–H groups in total. The largest absolute Gasteiger partial charge is 0.339 e. The van der Waals surface area contributed by atoms with Crippen molar-refractivity contribution in [1.29, 1.82) is 0 Å². The quantitative estimate of drug-likeness (QED) is 0.845. The van der Waals surface area contributed by atoms with E-state index in [0.29, 0.717) is 6.54 Å². The Hall–Kier alpha value is -1.46. The maximum Gasteiger partial charge on any atom is 0.236 e. The number of piperazine rings is 1. The molecule has 1 aliphatic heterocycles. The normalized spacial score (nSPS) is 15.8. The first-order valence-corrected chi connectivity index (χ1v) is 6.74. The molecule has 0 saturated carbocycles. The average Bonchev–Trinajstić information content (AvgIpc) is 2.42. The lowest BCUT2D eigenvalue weighted by atomic mass is 10.2. The second-order valence-electron chi connectivity index (χ2n) is 5.11. The molecule has 5 nitrogen and oxygen atoms in total. The van der Waals surface area contributed by atoms with Crippen LogP contribution in [0.2, 0.25) is 0 Å². The van der Waals surface area contributed by atoms with Gasteiger partial charge in [0, 0.05) is 44.6 Å². The summed E-state index contributed by atoms with van der Waals surface area (Å²) in [6.45, 7) is 6.63. The van der Waals surface area contributed by atoms with Crippen molar-refractivity contribution < 1.29 is 4.79 Å². The third-order valence-corrected chi connectivity index (χ3v) is 3.30. The number of likely N-dealkylation sites (N-methyl/N-ethyl adjacent to an activating group) is 1. The molecule has 104 valence electrons. The predicted octanol–water partition coefficient (Wildman–Crippen LogP) is 0.254. The Kier molecular flexibility index (Phi) is 4.87. The molecule has 1 aliphatic rings. The van der Waals surface area contributed by atoms with E-state index in [2.05, 4.69) is 16.4 Å². The van der Waals surface area contributed by atoms with E-state index in [4.69, 9.17) is 0 Å². The minimum Gasteiger partial charge on any atom is -0.339 e. The van der Waals surface area contributed by atoms with Gasteiger partial charge in [0.25, 0.3) is 0 Å². The highest BCUT2D eigenvalue weighted by Gasteiger charge is 2.17. The third kappa shape index (κ3) is 4.29. The number of hydrogen-bond acceptors (Lipinski definition) is 4. The van der Waals surface area contributed by atoms with E-state index in [1.165, 1.54) is 0 Å². The molecule has 2 rings (SSSR count). The van der Waals surface area contributed by atoms with Crippen LogP contribution >= 0.6 is 0 Å². The highest BCUT2D eigenvalue weighted by Crippen LogP contribution is 2.04. The average molecular weight is 262 g/mol. The number of aromatic nitrogens is 1. The first-order valence-electron chi connectivity index (χ1n) is 6.74. The van der Waals surface area contributed by atoms with Gasteiger partial charge in [0.1, 0.15) is 0 Å². The Bertz CT molecular complexity index is 412. The predicted molar refractivity (Wildman–Crippen MR) is 74.8 cm³/mol. The van der Waals surface area contributed by atoms with Crippen LogP contribution in [0.15, 0.2) is 18.3 Å². The summed E-state index contributed by atoms with van der Waals surface area (Å²) in [5, 5.41) is 3.25. The first kappa shape index (κ1) is 14.0. The summed E-state index contributed by atoms with van der Waals surface area (Å²) in [4.78, 5) is 20.3. The van der Waals surface area contributed by atoms with Crippen LogP contribution in [0.4, 0.5) is 0 Å². The summed E-state index contributed by atoms with van der Waals surface area (Å²) in [5.74, 6) is 0.212. The Morgan fingerprint density at radius 3 is 2.79 bits per heavy atom. The zero-order chi connectivity index (χ0) is 13.7. The minimum atomic E-state index is 0.212. The van der Waals surface area contributed by atoms with E-state index < -0.39 is 0 Å². The highest BCUT2D eigenvalue weighted by molar-refractivity contribution is 5.78. The van der Waals surface area contributed by atoms with Gasteiger partial charge in [0.05, 0.1) is 6.54 Å². The monoisotopic (exact) mass is 262 g/mol. The van der Waals surface area contributed by atoms with Gasteiger partial charge in [0.15, 0.2) is 0 Å². The van der Waals surface area contributed by atoms with Crippen molar-refractivity contribution in [2.45, 2.75) is 13.5 Å². The van der Waals surface area contributed by atoms with Crippen LogP contribution in [0.3, 0.4) is 0 Å². The molecule has 0 bridgehead atoms. The lowest BCUT2D eigenvalue weighted by Gasteiger charge is -2.29. The molecule has 0 aliphatic carbocycles. The van der Waals surface area contributed by atoms with Crippen LogP contribution < -0.4 is 5.32 Å². The third-order valence-electron chi connectivity index (χ3n) is 3.30. The van der Waals surface area contributed by atoms with Crippen molar-refractivity contribution >= 4 is 5.91 Å². The lowest BCUT2D eigenvalue weighted by Crippen LogP contribution is -2.49. The van der Waals surface area contributed by atoms with Crippen molar-refractivity contribution in [3.63, 3.8) is 0 Å². The smallest absolute Gasteiger partial charge is 0.236 e. The van der Waals surface area contributed by atoms with Gasteiger partial charge >= 0.3 is 0 Å². The van der Waals surface area contributed by atoms with E-state index in [1.54, 1.807) is 0 Å². The summed E-state index contributed by atoms with van der Waals surface area (Å²) in [5.41, 5.74) is 2.16. The Balaban J connectivity index is 1.81. The van der Waals surface area contributed by atoms with Gasteiger partial charge in [-0.15, -0.1) is 0 Å². The van der Waals surface area contributed by atoms with Crippen molar-refractivity contribution in [3.05, 3.63) is 29.6 Å². The molecule has 0 aromatic carbocycles. The van der Waals surface area contributed by atoms with Crippen molar-refractivity contribution in [2.75, 3.05) is 39.8 Å². The van der Waals surface area contributed by atoms with Crippen LogP contribution in [0.5, 0.6) is 0 Å². The van der Waals surface area contributed by atoms with Gasteiger partial charge in [-0.1, -0.05) is 6.07 Å². The van der Waals surface area contributed by atoms with E-state index in [9.17, 15) is 4.79 Å². The number of nitrogens with one attached hydrogen (secondary N) is 1. The molecular weight excluding hydrogens is 240 g/mol. The second-order valence-corrected chi connectivity index (χ2v) is 5.11. The van der Waals surface area contributed by atoms with E-state index in [1.807, 2.05) is 36.0 Å². The molecule has 5 heteroatoms. The van der Waals surface area contributed by atoms with Gasteiger partial charge in [-0.2, -0.15) is 0 Å². The molecule has 1 fully saturated rings. The highest BCUT2D eigenvalue weighted by atomic mass is 16.2. The molecule has 1 aromatic rings. The van der Waals surface area contributed by atoms with Crippen LogP contribution in [-0.2, 0) is 11.3 Å². The number of aryl methyl sites for hydroxylation is 1. The van der Waals surface area contributed by atoms with Gasteiger partial charge in [0.2, 0.25) is 5.91 Å². The topological polar surface area (TPSA) is 48.5 Å². The van der Waals surface area contributed by atoms with E-state index in [-0.39, 0.29) is 5.91 Å². The molecule has 1 aromatic heterocycles. The fourth-order valence-corrected chi connectivity index (χ4v) is 2.20. The molecule has 1 saturated heterocycles. The van der Waals surface area contributed by atoms with Crippen LogP contribution in [-0.4, -0.2) is 60.5 Å². The summed E-state index contributed by atoms with van der Waals surface area (Å²) >= 11 is 0. The summed E-state index contributed by atoms with van der Waals surface area (Å²) in [6.07, 6.45) is 1.88. The van der Waals surface area contributed by atoms with E-state index >= 15 is 0 Å². The van der Waals surface area contributed by atoms with Gasteiger partial charge < -0.3 is 10.2 Å². The summed E-state index contributed by atoms with van der Waals surface area (Å²) in [6, 6.07) is 4.06. The van der Waals surface area contributed by atoms with Gasteiger partial charge in [-0.25, -0.2) is 0 Å². The molecule has 0 radical (unpaired) electrons. The number of carbonyl (C=O) groups is 1. The van der Waals surface area contributed by atoms with Crippen LogP contribution in [0.25, 0.3) is 0 Å². The first-order chi connectivity index (χ1) is 9.15. The molecule has 0 atom stereocenters. The number of amides is 1. The summed E-state index contributed by atoms with van der Waals surface area (Å²) < 4.78 is 0. The van der Waals surface area contributed by atoms with Crippen molar-refractivity contribution in [2.24, 2.45) is 0 Å². The van der Waals surface area contributed by atoms with Gasteiger partial charge in [-0.3, -0.25) is 14.7 Å². The minimum absolute atomic E-state index is 0.212. The molecule has 0 unspecified atom stereocenters. The zero-order valence-electron chi connectivity index (χ0n) is 11.7. The lowest BCUT2D eigenvalue weighted by molar-refractivity contribution is -0.132. The number of carbonyl (C=O) groups excluding carboxylic acids is 1. The van der Waals surface area contributed by atoms with Crippen molar-refractivity contribution in [3.8, 4) is 0 Å². The molecule has 1 amide bonds. The number of rotatable bonds is 4. The number of hydrogen-bond donors (Lipinski definition) is 1. The molecular formula is C14H22N4O. The Morgan fingerprint density at radius 2 is 2.16 bits per heavy atom. The molecule has 0 spiro atoms. The Morgan fingerprint density at radius 1 is 1.42 bits per heavy atom. The molecule has 2 heterocycles. The summed E-state index contributed by atoms with van der Waals surface area (Å²) in [7, 11) is 1.97. The van der Waals surface area contributed by atoms with Crippen LogP contribution in [0, 0.1) is 6.92 Å². The number of nitrogens with zero attached hydrogens (tertiary/aromatic N) is 3. The SMILES string of the molecule is Cc1ccc(CN(C)CC(=O)N2CCNCC2)cn1. The fourth-order valence-electron chi connectivity index (χ4n) is 2.20. The Labute approximate surface area is 114 Å². The van der Waals surface area contributed by atoms with Crippen molar-refractivity contribution in [1.82, 2.24) is 20.1 Å². The van der Waals surface area contributed by atoms with Crippen LogP contribution in [0.1, 0.15) is 11.3 Å². The fraction of sp³-hybridized carbons (Fsp3) is 0.571.